The Kier molecular flexibility index (Phi) is 5.19. The number of aromatic nitrogens is 5. The normalized spacial score (nSPS) is 11.1. The highest BCUT2D eigenvalue weighted by Crippen LogP contribution is 2.19. The maximum atomic E-state index is 12.4. The third-order valence-corrected chi connectivity index (χ3v) is 4.76. The predicted octanol–water partition coefficient (Wildman–Crippen LogP) is 1.63. The summed E-state index contributed by atoms with van der Waals surface area (Å²) in [6, 6.07) is 9.82. The van der Waals surface area contributed by atoms with Gasteiger partial charge in [-0.25, -0.2) is 9.48 Å². The number of aromatic amines is 1. The summed E-state index contributed by atoms with van der Waals surface area (Å²) >= 11 is 0. The number of rotatable bonds is 7. The summed E-state index contributed by atoms with van der Waals surface area (Å²) in [7, 11) is 0. The molecule has 0 atom stereocenters. The number of H-pyrrole nitrogens is 1. The van der Waals surface area contributed by atoms with Crippen LogP contribution in [-0.4, -0.2) is 37.6 Å². The van der Waals surface area contributed by atoms with Crippen LogP contribution in [0.4, 0.5) is 0 Å². The van der Waals surface area contributed by atoms with Gasteiger partial charge < -0.3 is 14.7 Å². The van der Waals surface area contributed by atoms with Crippen molar-refractivity contribution in [2.24, 2.45) is 0 Å². The zero-order valence-electron chi connectivity index (χ0n) is 15.9. The molecule has 1 amide bonds. The SMILES string of the molecule is Cc1cc(CCc2c[nH]c3ccccc23)oc(=O)c1C(=O)NCCn1cnnn1. The number of amides is 1. The average molecular weight is 392 g/mol. The Bertz CT molecular complexity index is 1190. The zero-order valence-corrected chi connectivity index (χ0v) is 15.9. The van der Waals surface area contributed by atoms with E-state index in [0.717, 1.165) is 22.9 Å². The fourth-order valence-corrected chi connectivity index (χ4v) is 3.32. The van der Waals surface area contributed by atoms with Gasteiger partial charge >= 0.3 is 5.63 Å². The quantitative estimate of drug-likeness (QED) is 0.493. The lowest BCUT2D eigenvalue weighted by molar-refractivity contribution is 0.0946. The van der Waals surface area contributed by atoms with Gasteiger partial charge in [0.25, 0.3) is 5.91 Å². The highest BCUT2D eigenvalue weighted by atomic mass is 16.4. The lowest BCUT2D eigenvalue weighted by atomic mass is 10.1. The number of tetrazole rings is 1. The summed E-state index contributed by atoms with van der Waals surface area (Å²) in [4.78, 5) is 28.0. The third kappa shape index (κ3) is 4.08. The Hall–Kier alpha value is -3.75. The minimum atomic E-state index is -0.626. The number of benzene rings is 1. The van der Waals surface area contributed by atoms with Crippen molar-refractivity contribution in [3.05, 3.63) is 75.7 Å². The first-order valence-corrected chi connectivity index (χ1v) is 9.29. The Morgan fingerprint density at radius 3 is 2.93 bits per heavy atom. The van der Waals surface area contributed by atoms with Gasteiger partial charge in [0, 0.05) is 30.1 Å². The van der Waals surface area contributed by atoms with E-state index in [9.17, 15) is 9.59 Å². The van der Waals surface area contributed by atoms with Crippen LogP contribution in [-0.2, 0) is 19.4 Å². The van der Waals surface area contributed by atoms with E-state index in [0.29, 0.717) is 30.8 Å². The van der Waals surface area contributed by atoms with Gasteiger partial charge in [0.1, 0.15) is 17.7 Å². The molecule has 0 saturated carbocycles. The first-order chi connectivity index (χ1) is 14.1. The fraction of sp³-hybridized carbons (Fsp3) is 0.250. The van der Waals surface area contributed by atoms with Crippen molar-refractivity contribution in [2.75, 3.05) is 6.54 Å². The van der Waals surface area contributed by atoms with E-state index < -0.39 is 11.5 Å². The number of aryl methyl sites for hydroxylation is 3. The van der Waals surface area contributed by atoms with E-state index in [1.54, 1.807) is 13.0 Å². The largest absolute Gasteiger partial charge is 0.427 e. The molecule has 0 unspecified atom stereocenters. The standard InChI is InChI=1S/C20H20N6O3/c1-13-10-15(7-6-14-11-22-17-5-3-2-4-16(14)17)29-20(28)18(13)19(27)21-8-9-26-12-23-24-25-26/h2-5,10-12,22H,6-9H2,1H3,(H,21,27). The van der Waals surface area contributed by atoms with Gasteiger partial charge in [-0.15, -0.1) is 5.10 Å². The van der Waals surface area contributed by atoms with Crippen LogP contribution in [0.2, 0.25) is 0 Å². The van der Waals surface area contributed by atoms with E-state index in [2.05, 4.69) is 31.9 Å². The molecule has 4 aromatic rings. The summed E-state index contributed by atoms with van der Waals surface area (Å²) in [5.74, 6) is 0.0931. The maximum Gasteiger partial charge on any atom is 0.349 e. The second-order valence-corrected chi connectivity index (χ2v) is 6.75. The zero-order chi connectivity index (χ0) is 20.2. The van der Waals surface area contributed by atoms with Crippen molar-refractivity contribution in [2.45, 2.75) is 26.3 Å². The Morgan fingerprint density at radius 1 is 1.28 bits per heavy atom. The molecule has 4 rings (SSSR count). The molecule has 1 aromatic carbocycles. The topological polar surface area (TPSA) is 119 Å². The monoisotopic (exact) mass is 392 g/mol. The van der Waals surface area contributed by atoms with Crippen LogP contribution in [0, 0.1) is 6.92 Å². The van der Waals surface area contributed by atoms with Crippen LogP contribution in [0.15, 0.2) is 52.1 Å². The number of nitrogens with zero attached hydrogens (tertiary/aromatic N) is 4. The molecule has 0 fully saturated rings. The van der Waals surface area contributed by atoms with Crippen LogP contribution in [0.25, 0.3) is 10.9 Å². The van der Waals surface area contributed by atoms with Crippen LogP contribution in [0.5, 0.6) is 0 Å². The van der Waals surface area contributed by atoms with E-state index >= 15 is 0 Å². The number of carbonyl (C=O) groups excluding carboxylic acids is 1. The van der Waals surface area contributed by atoms with Crippen molar-refractivity contribution in [3.8, 4) is 0 Å². The summed E-state index contributed by atoms with van der Waals surface area (Å²) < 4.78 is 6.90. The van der Waals surface area contributed by atoms with Gasteiger partial charge in [-0.3, -0.25) is 4.79 Å². The van der Waals surface area contributed by atoms with E-state index in [1.165, 1.54) is 11.0 Å². The number of para-hydroxylation sites is 1. The van der Waals surface area contributed by atoms with Crippen molar-refractivity contribution >= 4 is 16.8 Å². The summed E-state index contributed by atoms with van der Waals surface area (Å²) in [6.07, 6.45) is 4.72. The van der Waals surface area contributed by atoms with Gasteiger partial charge in [-0.1, -0.05) is 18.2 Å². The van der Waals surface area contributed by atoms with Crippen LogP contribution in [0.1, 0.15) is 27.2 Å². The van der Waals surface area contributed by atoms with Crippen LogP contribution in [0.3, 0.4) is 0 Å². The number of hydrogen-bond donors (Lipinski definition) is 2. The summed E-state index contributed by atoms with van der Waals surface area (Å²) in [6.45, 7) is 2.44. The van der Waals surface area contributed by atoms with Crippen LogP contribution < -0.4 is 10.9 Å². The fourth-order valence-electron chi connectivity index (χ4n) is 3.32. The van der Waals surface area contributed by atoms with E-state index in [-0.39, 0.29) is 5.56 Å². The summed E-state index contributed by atoms with van der Waals surface area (Å²) in [5, 5.41) is 14.6. The molecule has 2 N–H and O–H groups in total. The molecule has 9 nitrogen and oxygen atoms in total. The van der Waals surface area contributed by atoms with Gasteiger partial charge in [0.2, 0.25) is 0 Å². The van der Waals surface area contributed by atoms with Crippen molar-refractivity contribution < 1.29 is 9.21 Å². The lowest BCUT2D eigenvalue weighted by Gasteiger charge is -2.08. The van der Waals surface area contributed by atoms with Gasteiger partial charge in [-0.2, -0.15) is 0 Å². The van der Waals surface area contributed by atoms with E-state index in [4.69, 9.17) is 4.42 Å². The Labute approximate surface area is 165 Å². The molecular formula is C20H20N6O3. The number of fused-ring (bicyclic) bond motifs is 1. The van der Waals surface area contributed by atoms with Crippen LogP contribution >= 0.6 is 0 Å². The minimum Gasteiger partial charge on any atom is -0.427 e. The van der Waals surface area contributed by atoms with Gasteiger partial charge in [0.15, 0.2) is 0 Å². The first-order valence-electron chi connectivity index (χ1n) is 9.29. The Morgan fingerprint density at radius 2 is 2.14 bits per heavy atom. The molecule has 0 radical (unpaired) electrons. The van der Waals surface area contributed by atoms with Crippen molar-refractivity contribution in [1.82, 2.24) is 30.5 Å². The second-order valence-electron chi connectivity index (χ2n) is 6.75. The molecule has 0 bridgehead atoms. The molecule has 0 aliphatic heterocycles. The maximum absolute atomic E-state index is 12.4. The smallest absolute Gasteiger partial charge is 0.349 e. The van der Waals surface area contributed by atoms with E-state index in [1.807, 2.05) is 24.4 Å². The minimum absolute atomic E-state index is 0.0255. The van der Waals surface area contributed by atoms with Crippen molar-refractivity contribution in [3.63, 3.8) is 0 Å². The Balaban J connectivity index is 1.42. The summed E-state index contributed by atoms with van der Waals surface area (Å²) in [5.41, 5.74) is 2.23. The molecule has 9 heteroatoms. The first kappa shape index (κ1) is 18.6. The molecule has 29 heavy (non-hydrogen) atoms. The number of carbonyl (C=O) groups is 1. The number of hydrogen-bond acceptors (Lipinski definition) is 6. The molecule has 0 saturated heterocycles. The molecule has 0 aliphatic rings. The second kappa shape index (κ2) is 8.09. The molecule has 0 spiro atoms. The predicted molar refractivity (Wildman–Crippen MR) is 106 cm³/mol. The highest BCUT2D eigenvalue weighted by molar-refractivity contribution is 5.95. The molecule has 148 valence electrons. The highest BCUT2D eigenvalue weighted by Gasteiger charge is 2.17. The molecule has 3 heterocycles. The average Bonchev–Trinajstić information content (AvgIpc) is 3.36. The molecule has 3 aromatic heterocycles. The third-order valence-electron chi connectivity index (χ3n) is 4.76. The van der Waals surface area contributed by atoms with Gasteiger partial charge in [-0.05, 0) is 47.0 Å². The number of nitrogens with one attached hydrogen (secondary N) is 2. The van der Waals surface area contributed by atoms with Crippen molar-refractivity contribution in [1.29, 1.82) is 0 Å². The lowest BCUT2D eigenvalue weighted by Crippen LogP contribution is -2.32. The van der Waals surface area contributed by atoms with Gasteiger partial charge in [0.05, 0.1) is 6.54 Å². The molecular weight excluding hydrogens is 372 g/mol. The molecule has 0 aliphatic carbocycles.